The second kappa shape index (κ2) is 5.24. The molecule has 1 unspecified atom stereocenters. The zero-order valence-electron chi connectivity index (χ0n) is 10.1. The fourth-order valence-electron chi connectivity index (χ4n) is 2.39. The SMILES string of the molecule is O=C1CCN(C(=O)N2CCCC2C(=O)O)CCN1. The zero-order valence-corrected chi connectivity index (χ0v) is 10.1. The molecule has 0 aliphatic carbocycles. The van der Waals surface area contributed by atoms with Crippen LogP contribution in [0.15, 0.2) is 0 Å². The number of aliphatic carboxylic acids is 1. The first kappa shape index (κ1) is 12.7. The minimum Gasteiger partial charge on any atom is -0.480 e. The maximum atomic E-state index is 12.2. The number of hydrogen-bond donors (Lipinski definition) is 2. The van der Waals surface area contributed by atoms with E-state index in [1.165, 1.54) is 4.90 Å². The number of likely N-dealkylation sites (tertiary alicyclic amines) is 1. The standard InChI is InChI=1S/C11H17N3O4/c15-9-3-6-13(7-4-12-9)11(18)14-5-1-2-8(14)10(16)17/h8H,1-7H2,(H,12,15)(H,16,17). The van der Waals surface area contributed by atoms with Gasteiger partial charge >= 0.3 is 12.0 Å². The number of amides is 3. The van der Waals surface area contributed by atoms with Crippen LogP contribution in [0.5, 0.6) is 0 Å². The Kier molecular flexibility index (Phi) is 3.69. The second-order valence-electron chi connectivity index (χ2n) is 4.56. The summed E-state index contributed by atoms with van der Waals surface area (Å²) in [6, 6.07) is -0.985. The normalized spacial score (nSPS) is 24.7. The smallest absolute Gasteiger partial charge is 0.326 e. The molecule has 100 valence electrons. The number of nitrogens with one attached hydrogen (secondary N) is 1. The topological polar surface area (TPSA) is 90.0 Å². The number of nitrogens with zero attached hydrogens (tertiary/aromatic N) is 2. The van der Waals surface area contributed by atoms with Crippen LogP contribution < -0.4 is 5.32 Å². The second-order valence-corrected chi connectivity index (χ2v) is 4.56. The zero-order chi connectivity index (χ0) is 13.1. The van der Waals surface area contributed by atoms with Crippen molar-refractivity contribution in [3.63, 3.8) is 0 Å². The lowest BCUT2D eigenvalue weighted by atomic mass is 10.2. The van der Waals surface area contributed by atoms with E-state index in [0.29, 0.717) is 39.0 Å². The summed E-state index contributed by atoms with van der Waals surface area (Å²) in [6.07, 6.45) is 1.50. The van der Waals surface area contributed by atoms with Crippen molar-refractivity contribution in [2.45, 2.75) is 25.3 Å². The van der Waals surface area contributed by atoms with Crippen LogP contribution in [0.25, 0.3) is 0 Å². The van der Waals surface area contributed by atoms with Crippen molar-refractivity contribution in [1.82, 2.24) is 15.1 Å². The van der Waals surface area contributed by atoms with Crippen LogP contribution in [-0.4, -0.2) is 65.0 Å². The molecule has 0 aromatic carbocycles. The molecule has 0 aromatic rings. The van der Waals surface area contributed by atoms with Gasteiger partial charge in [0, 0.05) is 32.6 Å². The molecule has 2 fully saturated rings. The van der Waals surface area contributed by atoms with E-state index < -0.39 is 12.0 Å². The Morgan fingerprint density at radius 2 is 2.06 bits per heavy atom. The highest BCUT2D eigenvalue weighted by Crippen LogP contribution is 2.19. The molecular formula is C11H17N3O4. The quantitative estimate of drug-likeness (QED) is 0.659. The van der Waals surface area contributed by atoms with Crippen molar-refractivity contribution < 1.29 is 19.5 Å². The van der Waals surface area contributed by atoms with Crippen LogP contribution in [0, 0.1) is 0 Å². The molecule has 3 amide bonds. The summed E-state index contributed by atoms with van der Waals surface area (Å²) in [5.41, 5.74) is 0. The van der Waals surface area contributed by atoms with Gasteiger partial charge in [-0.1, -0.05) is 0 Å². The van der Waals surface area contributed by atoms with Gasteiger partial charge in [0.2, 0.25) is 5.91 Å². The first-order valence-corrected chi connectivity index (χ1v) is 6.14. The molecule has 2 aliphatic rings. The number of carboxylic acid groups (broad SMARTS) is 1. The maximum absolute atomic E-state index is 12.2. The summed E-state index contributed by atoms with van der Waals surface area (Å²) < 4.78 is 0. The van der Waals surface area contributed by atoms with Gasteiger partial charge in [-0.15, -0.1) is 0 Å². The van der Waals surface area contributed by atoms with Gasteiger partial charge in [-0.25, -0.2) is 9.59 Å². The highest BCUT2D eigenvalue weighted by molar-refractivity contribution is 5.84. The van der Waals surface area contributed by atoms with E-state index in [4.69, 9.17) is 5.11 Å². The highest BCUT2D eigenvalue weighted by Gasteiger charge is 2.36. The number of carbonyl (C=O) groups excluding carboxylic acids is 2. The average molecular weight is 255 g/mol. The number of rotatable bonds is 1. The van der Waals surface area contributed by atoms with Gasteiger partial charge in [-0.3, -0.25) is 4.79 Å². The van der Waals surface area contributed by atoms with Crippen molar-refractivity contribution >= 4 is 17.9 Å². The number of urea groups is 1. The van der Waals surface area contributed by atoms with Crippen LogP contribution in [0.4, 0.5) is 4.79 Å². The molecule has 18 heavy (non-hydrogen) atoms. The van der Waals surface area contributed by atoms with E-state index >= 15 is 0 Å². The lowest BCUT2D eigenvalue weighted by Gasteiger charge is -2.29. The molecule has 1 atom stereocenters. The van der Waals surface area contributed by atoms with E-state index in [0.717, 1.165) is 0 Å². The molecule has 7 nitrogen and oxygen atoms in total. The van der Waals surface area contributed by atoms with Crippen molar-refractivity contribution in [2.75, 3.05) is 26.2 Å². The van der Waals surface area contributed by atoms with E-state index in [-0.39, 0.29) is 18.4 Å². The van der Waals surface area contributed by atoms with Crippen molar-refractivity contribution in [1.29, 1.82) is 0 Å². The van der Waals surface area contributed by atoms with Crippen molar-refractivity contribution in [3.8, 4) is 0 Å². The van der Waals surface area contributed by atoms with Crippen molar-refractivity contribution in [2.24, 2.45) is 0 Å². The van der Waals surface area contributed by atoms with E-state index in [9.17, 15) is 14.4 Å². The molecular weight excluding hydrogens is 238 g/mol. The van der Waals surface area contributed by atoms with Crippen molar-refractivity contribution in [3.05, 3.63) is 0 Å². The van der Waals surface area contributed by atoms with Gasteiger partial charge in [0.1, 0.15) is 6.04 Å². The van der Waals surface area contributed by atoms with Crippen LogP contribution in [0.3, 0.4) is 0 Å². The lowest BCUT2D eigenvalue weighted by molar-refractivity contribution is -0.141. The number of carboxylic acids is 1. The Bertz CT molecular complexity index is 371. The average Bonchev–Trinajstić information content (AvgIpc) is 2.72. The summed E-state index contributed by atoms with van der Waals surface area (Å²) in [6.45, 7) is 1.70. The third kappa shape index (κ3) is 2.55. The summed E-state index contributed by atoms with van der Waals surface area (Å²) in [4.78, 5) is 37.4. The first-order valence-electron chi connectivity index (χ1n) is 6.14. The first-order chi connectivity index (χ1) is 8.59. The Labute approximate surface area is 105 Å². The van der Waals surface area contributed by atoms with E-state index in [2.05, 4.69) is 5.32 Å². The van der Waals surface area contributed by atoms with Gasteiger partial charge in [-0.2, -0.15) is 0 Å². The Balaban J connectivity index is 2.01. The highest BCUT2D eigenvalue weighted by atomic mass is 16.4. The number of carbonyl (C=O) groups is 3. The third-order valence-corrected chi connectivity index (χ3v) is 3.37. The monoisotopic (exact) mass is 255 g/mol. The molecule has 0 spiro atoms. The fourth-order valence-corrected chi connectivity index (χ4v) is 2.39. The minimum atomic E-state index is -0.954. The van der Waals surface area contributed by atoms with Gasteiger partial charge in [0.05, 0.1) is 0 Å². The van der Waals surface area contributed by atoms with Crippen LogP contribution in [0.2, 0.25) is 0 Å². The molecule has 0 radical (unpaired) electrons. The molecule has 0 bridgehead atoms. The van der Waals surface area contributed by atoms with Crippen LogP contribution >= 0.6 is 0 Å². The molecule has 2 N–H and O–H groups in total. The fraction of sp³-hybridized carbons (Fsp3) is 0.727. The largest absolute Gasteiger partial charge is 0.480 e. The van der Waals surface area contributed by atoms with Gasteiger partial charge in [-0.05, 0) is 12.8 Å². The molecule has 2 heterocycles. The molecule has 2 saturated heterocycles. The summed E-state index contributed by atoms with van der Waals surface area (Å²) in [5.74, 6) is -1.02. The predicted octanol–water partition coefficient (Wildman–Crippen LogP) is -0.523. The predicted molar refractivity (Wildman–Crippen MR) is 62.0 cm³/mol. The number of hydrogen-bond acceptors (Lipinski definition) is 3. The van der Waals surface area contributed by atoms with Crippen LogP contribution in [-0.2, 0) is 9.59 Å². The Hall–Kier alpha value is -1.79. The molecule has 0 saturated carbocycles. The Morgan fingerprint density at radius 1 is 1.28 bits per heavy atom. The Morgan fingerprint density at radius 3 is 2.78 bits per heavy atom. The van der Waals surface area contributed by atoms with E-state index in [1.807, 2.05) is 0 Å². The van der Waals surface area contributed by atoms with Gasteiger partial charge < -0.3 is 20.2 Å². The summed E-state index contributed by atoms with van der Waals surface area (Å²) >= 11 is 0. The summed E-state index contributed by atoms with van der Waals surface area (Å²) in [7, 11) is 0. The van der Waals surface area contributed by atoms with Crippen LogP contribution in [0.1, 0.15) is 19.3 Å². The maximum Gasteiger partial charge on any atom is 0.326 e. The minimum absolute atomic E-state index is 0.0680. The molecule has 0 aromatic heterocycles. The lowest BCUT2D eigenvalue weighted by Crippen LogP contribution is -2.48. The van der Waals surface area contributed by atoms with Gasteiger partial charge in [0.15, 0.2) is 0 Å². The van der Waals surface area contributed by atoms with Gasteiger partial charge in [0.25, 0.3) is 0 Å². The third-order valence-electron chi connectivity index (χ3n) is 3.37. The summed E-state index contributed by atoms with van der Waals surface area (Å²) in [5, 5.41) is 11.7. The molecule has 2 rings (SSSR count). The molecule has 7 heteroatoms. The molecule has 2 aliphatic heterocycles. The van der Waals surface area contributed by atoms with E-state index in [1.54, 1.807) is 4.90 Å².